The van der Waals surface area contributed by atoms with Crippen LogP contribution < -0.4 is 5.32 Å². The summed E-state index contributed by atoms with van der Waals surface area (Å²) in [5.74, 6) is 1.93. The largest absolute Gasteiger partial charge is 0.461 e. The van der Waals surface area contributed by atoms with Gasteiger partial charge in [0.2, 0.25) is 0 Å². The van der Waals surface area contributed by atoms with Crippen molar-refractivity contribution < 1.29 is 4.42 Å². The molecule has 0 radical (unpaired) electrons. The summed E-state index contributed by atoms with van der Waals surface area (Å²) in [6.45, 7) is 7.42. The van der Waals surface area contributed by atoms with Crippen LogP contribution in [0.2, 0.25) is 0 Å². The Morgan fingerprint density at radius 3 is 2.84 bits per heavy atom. The van der Waals surface area contributed by atoms with Gasteiger partial charge in [-0.25, -0.2) is 0 Å². The van der Waals surface area contributed by atoms with Crippen LogP contribution in [-0.2, 0) is 13.5 Å². The van der Waals surface area contributed by atoms with Crippen LogP contribution in [-0.4, -0.2) is 22.4 Å². The van der Waals surface area contributed by atoms with E-state index in [0.717, 1.165) is 42.2 Å². The summed E-state index contributed by atoms with van der Waals surface area (Å²) in [5, 5.41) is 7.81. The van der Waals surface area contributed by atoms with Crippen molar-refractivity contribution in [1.82, 2.24) is 15.1 Å². The lowest BCUT2D eigenvalue weighted by atomic mass is 10.2. The molecule has 1 unspecified atom stereocenters. The molecule has 0 saturated heterocycles. The number of hydrogen-bond donors (Lipinski definition) is 1. The molecular weight excluding hydrogens is 238 g/mol. The summed E-state index contributed by atoms with van der Waals surface area (Å²) in [6.07, 6.45) is 4.07. The van der Waals surface area contributed by atoms with Crippen molar-refractivity contribution in [2.75, 3.05) is 6.54 Å². The van der Waals surface area contributed by atoms with Crippen molar-refractivity contribution in [3.05, 3.63) is 29.8 Å². The smallest absolute Gasteiger partial charge is 0.137 e. The number of aromatic nitrogens is 2. The minimum Gasteiger partial charge on any atom is -0.461 e. The van der Waals surface area contributed by atoms with Crippen molar-refractivity contribution in [1.29, 1.82) is 0 Å². The lowest BCUT2D eigenvalue weighted by molar-refractivity contribution is 0.464. The number of aryl methyl sites for hydroxylation is 2. The van der Waals surface area contributed by atoms with Crippen LogP contribution >= 0.6 is 0 Å². The topological polar surface area (TPSA) is 43.0 Å². The Balaban J connectivity index is 2.05. The summed E-state index contributed by atoms with van der Waals surface area (Å²) < 4.78 is 7.74. The third-order valence-corrected chi connectivity index (χ3v) is 3.19. The van der Waals surface area contributed by atoms with E-state index in [4.69, 9.17) is 4.42 Å². The lowest BCUT2D eigenvalue weighted by Crippen LogP contribution is -2.28. The minimum atomic E-state index is 0.439. The van der Waals surface area contributed by atoms with E-state index >= 15 is 0 Å². The molecule has 1 atom stereocenters. The number of nitrogens with one attached hydrogen (secondary N) is 1. The van der Waals surface area contributed by atoms with E-state index in [-0.39, 0.29) is 0 Å². The van der Waals surface area contributed by atoms with Gasteiger partial charge in [-0.15, -0.1) is 0 Å². The molecule has 1 N–H and O–H groups in total. The van der Waals surface area contributed by atoms with Gasteiger partial charge in [0, 0.05) is 25.7 Å². The fourth-order valence-electron chi connectivity index (χ4n) is 2.24. The maximum Gasteiger partial charge on any atom is 0.137 e. The van der Waals surface area contributed by atoms with Gasteiger partial charge in [-0.2, -0.15) is 5.10 Å². The molecule has 104 valence electrons. The minimum absolute atomic E-state index is 0.439. The van der Waals surface area contributed by atoms with Crippen LogP contribution in [0.5, 0.6) is 0 Å². The van der Waals surface area contributed by atoms with Crippen molar-refractivity contribution in [3.8, 4) is 11.3 Å². The molecule has 4 nitrogen and oxygen atoms in total. The molecule has 0 aromatic carbocycles. The molecule has 0 saturated carbocycles. The molecule has 0 spiro atoms. The fourth-order valence-corrected chi connectivity index (χ4v) is 2.24. The first-order valence-electron chi connectivity index (χ1n) is 6.93. The van der Waals surface area contributed by atoms with Gasteiger partial charge in [0.05, 0.1) is 11.3 Å². The average molecular weight is 261 g/mol. The molecule has 2 heterocycles. The summed E-state index contributed by atoms with van der Waals surface area (Å²) in [4.78, 5) is 0. The maximum atomic E-state index is 5.92. The van der Waals surface area contributed by atoms with Gasteiger partial charge >= 0.3 is 0 Å². The fraction of sp³-hybridized carbons (Fsp3) is 0.533. The van der Waals surface area contributed by atoms with Gasteiger partial charge in [-0.05, 0) is 38.9 Å². The number of rotatable bonds is 6. The van der Waals surface area contributed by atoms with Gasteiger partial charge in [0.25, 0.3) is 0 Å². The standard InChI is InChI=1S/C15H23N3O/c1-5-8-16-11(2)9-13-6-7-15(19-13)14-10-18(4)17-12(14)3/h6-7,10-11,16H,5,8-9H2,1-4H3. The predicted molar refractivity (Wildman–Crippen MR) is 77.1 cm³/mol. The van der Waals surface area contributed by atoms with Crippen molar-refractivity contribution >= 4 is 0 Å². The van der Waals surface area contributed by atoms with E-state index in [1.54, 1.807) is 0 Å². The first-order chi connectivity index (χ1) is 9.10. The maximum absolute atomic E-state index is 5.92. The van der Waals surface area contributed by atoms with Crippen molar-refractivity contribution in [2.45, 2.75) is 39.7 Å². The molecule has 0 aliphatic heterocycles. The zero-order valence-electron chi connectivity index (χ0n) is 12.2. The van der Waals surface area contributed by atoms with E-state index in [0.29, 0.717) is 6.04 Å². The molecule has 0 aliphatic rings. The van der Waals surface area contributed by atoms with Gasteiger partial charge in [-0.3, -0.25) is 4.68 Å². The van der Waals surface area contributed by atoms with E-state index < -0.39 is 0 Å². The Morgan fingerprint density at radius 1 is 1.42 bits per heavy atom. The van der Waals surface area contributed by atoms with Gasteiger partial charge in [0.15, 0.2) is 0 Å². The molecule has 4 heteroatoms. The summed E-state index contributed by atoms with van der Waals surface area (Å²) >= 11 is 0. The van der Waals surface area contributed by atoms with Gasteiger partial charge in [-0.1, -0.05) is 6.92 Å². The second-order valence-electron chi connectivity index (χ2n) is 5.13. The molecule has 0 fully saturated rings. The Kier molecular flexibility index (Phi) is 4.43. The van der Waals surface area contributed by atoms with Crippen LogP contribution in [0, 0.1) is 6.92 Å². The number of furan rings is 1. The Morgan fingerprint density at radius 2 is 2.21 bits per heavy atom. The Labute approximate surface area is 114 Å². The van der Waals surface area contributed by atoms with Crippen LogP contribution in [0.3, 0.4) is 0 Å². The molecule has 2 aromatic heterocycles. The predicted octanol–water partition coefficient (Wildman–Crippen LogP) is 2.92. The molecule has 0 bridgehead atoms. The van der Waals surface area contributed by atoms with E-state index in [1.807, 2.05) is 30.9 Å². The van der Waals surface area contributed by atoms with E-state index in [9.17, 15) is 0 Å². The molecule has 19 heavy (non-hydrogen) atoms. The first-order valence-corrected chi connectivity index (χ1v) is 6.93. The molecule has 2 rings (SSSR count). The normalized spacial score (nSPS) is 12.8. The molecular formula is C15H23N3O. The zero-order valence-corrected chi connectivity index (χ0v) is 12.2. The monoisotopic (exact) mass is 261 g/mol. The highest BCUT2D eigenvalue weighted by Crippen LogP contribution is 2.25. The second-order valence-corrected chi connectivity index (χ2v) is 5.13. The second kappa shape index (κ2) is 6.06. The van der Waals surface area contributed by atoms with Crippen LogP contribution in [0.15, 0.2) is 22.7 Å². The van der Waals surface area contributed by atoms with Gasteiger partial charge in [0.1, 0.15) is 11.5 Å². The average Bonchev–Trinajstić information content (AvgIpc) is 2.93. The number of nitrogens with zero attached hydrogens (tertiary/aromatic N) is 2. The molecule has 0 aliphatic carbocycles. The molecule has 0 amide bonds. The zero-order chi connectivity index (χ0) is 13.8. The van der Waals surface area contributed by atoms with E-state index in [2.05, 4.69) is 30.3 Å². The summed E-state index contributed by atoms with van der Waals surface area (Å²) in [5.41, 5.74) is 2.07. The first kappa shape index (κ1) is 13.9. The van der Waals surface area contributed by atoms with Crippen molar-refractivity contribution in [2.24, 2.45) is 7.05 Å². The summed E-state index contributed by atoms with van der Waals surface area (Å²) in [6, 6.07) is 4.53. The Bertz CT molecular complexity index is 527. The molecule has 2 aromatic rings. The van der Waals surface area contributed by atoms with Crippen LogP contribution in [0.1, 0.15) is 31.7 Å². The Hall–Kier alpha value is -1.55. The van der Waals surface area contributed by atoms with Crippen LogP contribution in [0.4, 0.5) is 0 Å². The van der Waals surface area contributed by atoms with Gasteiger partial charge < -0.3 is 9.73 Å². The van der Waals surface area contributed by atoms with Crippen molar-refractivity contribution in [3.63, 3.8) is 0 Å². The summed E-state index contributed by atoms with van der Waals surface area (Å²) in [7, 11) is 1.93. The lowest BCUT2D eigenvalue weighted by Gasteiger charge is -2.10. The highest BCUT2D eigenvalue weighted by atomic mass is 16.3. The third-order valence-electron chi connectivity index (χ3n) is 3.19. The quantitative estimate of drug-likeness (QED) is 0.869. The number of hydrogen-bond acceptors (Lipinski definition) is 3. The highest BCUT2D eigenvalue weighted by Gasteiger charge is 2.12. The van der Waals surface area contributed by atoms with E-state index in [1.165, 1.54) is 0 Å². The SMILES string of the molecule is CCCNC(C)Cc1ccc(-c2cn(C)nc2C)o1. The van der Waals surface area contributed by atoms with Crippen LogP contribution in [0.25, 0.3) is 11.3 Å². The highest BCUT2D eigenvalue weighted by molar-refractivity contribution is 5.59. The third kappa shape index (κ3) is 3.47.